The normalized spacial score (nSPS) is 12.0. The second-order valence-electron chi connectivity index (χ2n) is 6.71. The number of aryl methyl sites for hydroxylation is 1. The highest BCUT2D eigenvalue weighted by Crippen LogP contribution is 2.16. The highest BCUT2D eigenvalue weighted by molar-refractivity contribution is 7.90. The van der Waals surface area contributed by atoms with Crippen LogP contribution in [0.2, 0.25) is 0 Å². The van der Waals surface area contributed by atoms with E-state index in [-0.39, 0.29) is 0 Å². The van der Waals surface area contributed by atoms with Gasteiger partial charge in [-0.3, -0.25) is 4.99 Å². The SMILES string of the molecule is CN=C(NCc1ccc(N(C)C)cc1)NCc1ccc(S(C)(=O)=O)c(C)c1. The molecule has 0 amide bonds. The van der Waals surface area contributed by atoms with E-state index in [2.05, 4.69) is 44.8 Å². The van der Waals surface area contributed by atoms with Crippen molar-refractivity contribution in [2.45, 2.75) is 24.9 Å². The van der Waals surface area contributed by atoms with Crippen LogP contribution in [-0.2, 0) is 22.9 Å². The minimum absolute atomic E-state index is 0.370. The maximum Gasteiger partial charge on any atom is 0.191 e. The lowest BCUT2D eigenvalue weighted by Crippen LogP contribution is -2.36. The van der Waals surface area contributed by atoms with Crippen molar-refractivity contribution in [2.24, 2.45) is 4.99 Å². The van der Waals surface area contributed by atoms with Crippen LogP contribution in [0.15, 0.2) is 52.4 Å². The largest absolute Gasteiger partial charge is 0.378 e. The molecule has 0 aliphatic rings. The predicted octanol–water partition coefficient (Wildman–Crippen LogP) is 2.33. The summed E-state index contributed by atoms with van der Waals surface area (Å²) < 4.78 is 23.4. The van der Waals surface area contributed by atoms with Crippen molar-refractivity contribution in [3.8, 4) is 0 Å². The number of rotatable bonds is 6. The first-order valence-electron chi connectivity index (χ1n) is 8.71. The van der Waals surface area contributed by atoms with Gasteiger partial charge in [0.05, 0.1) is 4.90 Å². The third-order valence-corrected chi connectivity index (χ3v) is 5.49. The van der Waals surface area contributed by atoms with Gasteiger partial charge in [0.15, 0.2) is 15.8 Å². The second kappa shape index (κ2) is 8.90. The summed E-state index contributed by atoms with van der Waals surface area (Å²) in [7, 11) is 2.57. The molecule has 6 nitrogen and oxygen atoms in total. The number of benzene rings is 2. The Balaban J connectivity index is 1.93. The molecule has 0 unspecified atom stereocenters. The van der Waals surface area contributed by atoms with E-state index in [1.165, 1.54) is 6.26 Å². The van der Waals surface area contributed by atoms with Crippen LogP contribution in [0.5, 0.6) is 0 Å². The zero-order chi connectivity index (χ0) is 20.0. The van der Waals surface area contributed by atoms with E-state index >= 15 is 0 Å². The van der Waals surface area contributed by atoms with Crippen LogP contribution < -0.4 is 15.5 Å². The van der Waals surface area contributed by atoms with E-state index in [9.17, 15) is 8.42 Å². The van der Waals surface area contributed by atoms with Gasteiger partial charge in [0.1, 0.15) is 0 Å². The van der Waals surface area contributed by atoms with E-state index in [1.807, 2.05) is 33.2 Å². The van der Waals surface area contributed by atoms with Crippen molar-refractivity contribution in [3.05, 3.63) is 59.2 Å². The zero-order valence-electron chi connectivity index (χ0n) is 16.6. The van der Waals surface area contributed by atoms with Crippen LogP contribution in [0.1, 0.15) is 16.7 Å². The number of nitrogens with zero attached hydrogens (tertiary/aromatic N) is 2. The highest BCUT2D eigenvalue weighted by atomic mass is 32.2. The maximum absolute atomic E-state index is 11.7. The molecule has 0 spiro atoms. The molecular weight excluding hydrogens is 360 g/mol. The number of anilines is 1. The fourth-order valence-corrected chi connectivity index (χ4v) is 3.70. The Hall–Kier alpha value is -2.54. The summed E-state index contributed by atoms with van der Waals surface area (Å²) >= 11 is 0. The van der Waals surface area contributed by atoms with Gasteiger partial charge in [0.2, 0.25) is 0 Å². The third-order valence-electron chi connectivity index (χ3n) is 4.24. The van der Waals surface area contributed by atoms with Crippen LogP contribution in [0.25, 0.3) is 0 Å². The smallest absolute Gasteiger partial charge is 0.191 e. The van der Waals surface area contributed by atoms with Gasteiger partial charge in [0, 0.05) is 46.2 Å². The lowest BCUT2D eigenvalue weighted by Gasteiger charge is -2.15. The fraction of sp³-hybridized carbons (Fsp3) is 0.350. The number of aliphatic imine (C=N–C) groups is 1. The quantitative estimate of drug-likeness (QED) is 0.587. The van der Waals surface area contributed by atoms with E-state index in [0.29, 0.717) is 23.9 Å². The molecule has 0 aliphatic carbocycles. The van der Waals surface area contributed by atoms with Crippen molar-refractivity contribution in [1.82, 2.24) is 10.6 Å². The third kappa shape index (κ3) is 5.99. The summed E-state index contributed by atoms with van der Waals surface area (Å²) in [6.07, 6.45) is 1.23. The van der Waals surface area contributed by atoms with Gasteiger partial charge in [-0.1, -0.05) is 24.3 Å². The molecule has 0 fully saturated rings. The van der Waals surface area contributed by atoms with Gasteiger partial charge in [-0.05, 0) is 41.8 Å². The lowest BCUT2D eigenvalue weighted by molar-refractivity contribution is 0.601. The minimum atomic E-state index is -3.19. The van der Waals surface area contributed by atoms with E-state index in [4.69, 9.17) is 0 Å². The summed E-state index contributed by atoms with van der Waals surface area (Å²) in [4.78, 5) is 6.67. The summed E-state index contributed by atoms with van der Waals surface area (Å²) in [6, 6.07) is 13.7. The first-order chi connectivity index (χ1) is 12.7. The van der Waals surface area contributed by atoms with Gasteiger partial charge in [0.25, 0.3) is 0 Å². The lowest BCUT2D eigenvalue weighted by atomic mass is 10.1. The first kappa shape index (κ1) is 20.8. The Morgan fingerprint density at radius 2 is 1.56 bits per heavy atom. The molecule has 0 aliphatic heterocycles. The van der Waals surface area contributed by atoms with Gasteiger partial charge in [-0.25, -0.2) is 8.42 Å². The molecule has 2 N–H and O–H groups in total. The van der Waals surface area contributed by atoms with Gasteiger partial charge >= 0.3 is 0 Å². The van der Waals surface area contributed by atoms with Gasteiger partial charge < -0.3 is 15.5 Å². The van der Waals surface area contributed by atoms with E-state index < -0.39 is 9.84 Å². The number of hydrogen-bond donors (Lipinski definition) is 2. The molecule has 0 saturated heterocycles. The standard InChI is InChI=1S/C20H28N4O2S/c1-15-12-17(8-11-19(15)27(5,25)26)14-23-20(21-2)22-13-16-6-9-18(10-7-16)24(3)4/h6-12H,13-14H2,1-5H3,(H2,21,22,23). The van der Waals surface area contributed by atoms with Crippen molar-refractivity contribution < 1.29 is 8.42 Å². The molecule has 2 aromatic rings. The molecule has 7 heteroatoms. The van der Waals surface area contributed by atoms with Crippen molar-refractivity contribution in [3.63, 3.8) is 0 Å². The molecule has 2 aromatic carbocycles. The Morgan fingerprint density at radius 3 is 2.04 bits per heavy atom. The van der Waals surface area contributed by atoms with Gasteiger partial charge in [-0.15, -0.1) is 0 Å². The first-order valence-corrected chi connectivity index (χ1v) is 10.6. The average Bonchev–Trinajstić information content (AvgIpc) is 2.61. The Morgan fingerprint density at radius 1 is 1.00 bits per heavy atom. The highest BCUT2D eigenvalue weighted by Gasteiger charge is 2.11. The number of sulfone groups is 1. The summed E-state index contributed by atoms with van der Waals surface area (Å²) in [5.41, 5.74) is 4.07. The Bertz CT molecular complexity index is 904. The Kier molecular flexibility index (Phi) is 6.85. The molecule has 0 saturated carbocycles. The molecule has 27 heavy (non-hydrogen) atoms. The maximum atomic E-state index is 11.7. The number of nitrogens with one attached hydrogen (secondary N) is 2. The fourth-order valence-electron chi connectivity index (χ4n) is 2.74. The average molecular weight is 389 g/mol. The topological polar surface area (TPSA) is 73.8 Å². The monoisotopic (exact) mass is 388 g/mol. The summed E-state index contributed by atoms with van der Waals surface area (Å²) in [5, 5.41) is 6.54. The molecule has 2 rings (SSSR count). The Labute approximate surface area is 162 Å². The van der Waals surface area contributed by atoms with Crippen LogP contribution in [0.4, 0.5) is 5.69 Å². The van der Waals surface area contributed by atoms with E-state index in [1.54, 1.807) is 13.1 Å². The van der Waals surface area contributed by atoms with Crippen LogP contribution >= 0.6 is 0 Å². The number of guanidine groups is 1. The second-order valence-corrected chi connectivity index (χ2v) is 8.70. The van der Waals surface area contributed by atoms with Crippen molar-refractivity contribution >= 4 is 21.5 Å². The molecule has 0 aromatic heterocycles. The molecule has 0 heterocycles. The number of hydrogen-bond acceptors (Lipinski definition) is 4. The predicted molar refractivity (Wildman–Crippen MR) is 112 cm³/mol. The zero-order valence-corrected chi connectivity index (χ0v) is 17.4. The van der Waals surface area contributed by atoms with Gasteiger partial charge in [-0.2, -0.15) is 0 Å². The summed E-state index contributed by atoms with van der Waals surface area (Å²) in [5.74, 6) is 0.691. The van der Waals surface area contributed by atoms with Crippen molar-refractivity contribution in [2.75, 3.05) is 32.3 Å². The van der Waals surface area contributed by atoms with Crippen LogP contribution in [-0.4, -0.2) is 41.8 Å². The minimum Gasteiger partial charge on any atom is -0.378 e. The molecule has 0 bridgehead atoms. The van der Waals surface area contributed by atoms with E-state index in [0.717, 1.165) is 22.4 Å². The molecule has 0 atom stereocenters. The van der Waals surface area contributed by atoms with Crippen LogP contribution in [0.3, 0.4) is 0 Å². The van der Waals surface area contributed by atoms with Crippen LogP contribution in [0, 0.1) is 6.92 Å². The molecular formula is C20H28N4O2S. The molecule has 146 valence electrons. The molecule has 0 radical (unpaired) electrons. The summed E-state index contributed by atoms with van der Waals surface area (Å²) in [6.45, 7) is 3.04. The van der Waals surface area contributed by atoms with Crippen molar-refractivity contribution in [1.29, 1.82) is 0 Å².